The number of methoxy groups -OCH3 is 1. The number of aliphatic hydroxyl groups is 1. The molecule has 1 aliphatic carbocycles. The molecule has 11 nitrogen and oxygen atoms in total. The van der Waals surface area contributed by atoms with Gasteiger partial charge in [0.05, 0.1) is 19.3 Å². The van der Waals surface area contributed by atoms with E-state index in [1.807, 2.05) is 0 Å². The van der Waals surface area contributed by atoms with Crippen LogP contribution in [0.25, 0.3) is 11.1 Å². The number of amidine groups is 1. The van der Waals surface area contributed by atoms with E-state index in [0.717, 1.165) is 25.7 Å². The minimum Gasteiger partial charge on any atom is -0.481 e. The number of aliphatic hydroxyl groups excluding tert-OH is 1. The second kappa shape index (κ2) is 12.0. The molecule has 208 valence electrons. The number of pyridine rings is 1. The van der Waals surface area contributed by atoms with Gasteiger partial charge in [0.2, 0.25) is 5.88 Å². The van der Waals surface area contributed by atoms with Crippen LogP contribution < -0.4 is 21.1 Å². The van der Waals surface area contributed by atoms with Crippen LogP contribution >= 0.6 is 0 Å². The Balaban J connectivity index is 1.65. The summed E-state index contributed by atoms with van der Waals surface area (Å²) in [5, 5.41) is 32.9. The molecule has 1 saturated carbocycles. The number of nitrogens with two attached hydrogens (primary N) is 1. The molecular formula is C29H31N5O6. The molecule has 40 heavy (non-hydrogen) atoms. The summed E-state index contributed by atoms with van der Waals surface area (Å²) in [4.78, 5) is 42.8. The van der Waals surface area contributed by atoms with Crippen LogP contribution in [-0.2, 0) is 0 Å². The molecule has 0 saturated heterocycles. The number of ether oxygens (including phenoxy) is 1. The first-order chi connectivity index (χ1) is 19.2. The summed E-state index contributed by atoms with van der Waals surface area (Å²) in [5.41, 5.74) is 6.34. The van der Waals surface area contributed by atoms with E-state index in [0.29, 0.717) is 17.8 Å². The lowest BCUT2D eigenvalue weighted by atomic mass is 9.87. The standard InChI is InChI=1S/C29H31N5O6/c1-40-23-11-10-21(24(34-23)27(37)33-19-7-4-17(5-8-19)25(30)31)20-9-6-18(14-22(20)28(38)39)26(36)32-15-29(16-35)12-2-3-13-29/h4-11,14,35H,2-3,12-13,15-16H2,1H3,(H3,30,31)(H,32,36)(H,33,37)(H,38,39). The number of aromatic carboxylic acids is 1. The number of nitrogens with one attached hydrogen (secondary N) is 3. The fourth-order valence-electron chi connectivity index (χ4n) is 4.85. The number of carboxylic acid groups (broad SMARTS) is 1. The van der Waals surface area contributed by atoms with Crippen LogP contribution in [0.2, 0.25) is 0 Å². The maximum atomic E-state index is 13.3. The van der Waals surface area contributed by atoms with Crippen molar-refractivity contribution in [2.45, 2.75) is 25.7 Å². The molecule has 0 unspecified atom stereocenters. The monoisotopic (exact) mass is 545 g/mol. The largest absolute Gasteiger partial charge is 0.481 e. The van der Waals surface area contributed by atoms with Crippen LogP contribution in [-0.4, -0.2) is 59.1 Å². The van der Waals surface area contributed by atoms with Gasteiger partial charge in [0.1, 0.15) is 11.5 Å². The van der Waals surface area contributed by atoms with Gasteiger partial charge in [0, 0.05) is 40.4 Å². The summed E-state index contributed by atoms with van der Waals surface area (Å²) < 4.78 is 5.19. The first-order valence-corrected chi connectivity index (χ1v) is 12.7. The van der Waals surface area contributed by atoms with Crippen LogP contribution in [0.15, 0.2) is 54.6 Å². The number of aromatic nitrogens is 1. The SMILES string of the molecule is COc1ccc(-c2ccc(C(=O)NCC3(CO)CCCC3)cc2C(=O)O)c(C(=O)Nc2ccc(C(=N)N)cc2)n1. The second-order valence-corrected chi connectivity index (χ2v) is 9.81. The number of nitrogens with zero attached hydrogens (tertiary/aromatic N) is 1. The van der Waals surface area contributed by atoms with Crippen molar-refractivity contribution >= 4 is 29.3 Å². The molecule has 11 heteroatoms. The lowest BCUT2D eigenvalue weighted by Gasteiger charge is -2.26. The summed E-state index contributed by atoms with van der Waals surface area (Å²) in [6, 6.07) is 13.6. The summed E-state index contributed by atoms with van der Waals surface area (Å²) >= 11 is 0. The van der Waals surface area contributed by atoms with Gasteiger partial charge in [0.15, 0.2) is 0 Å². The van der Waals surface area contributed by atoms with Crippen molar-refractivity contribution < 1.29 is 29.3 Å². The second-order valence-electron chi connectivity index (χ2n) is 9.81. The Kier molecular flexibility index (Phi) is 8.44. The first kappa shape index (κ1) is 28.2. The van der Waals surface area contributed by atoms with Gasteiger partial charge in [0.25, 0.3) is 11.8 Å². The van der Waals surface area contributed by atoms with Gasteiger partial charge < -0.3 is 31.3 Å². The topological polar surface area (TPSA) is 188 Å². The average molecular weight is 546 g/mol. The van der Waals surface area contributed by atoms with E-state index in [9.17, 15) is 24.6 Å². The Morgan fingerprint density at radius 2 is 1.65 bits per heavy atom. The Morgan fingerprint density at radius 3 is 2.25 bits per heavy atom. The van der Waals surface area contributed by atoms with Crippen LogP contribution in [0.1, 0.15) is 62.5 Å². The van der Waals surface area contributed by atoms with Crippen molar-refractivity contribution in [1.29, 1.82) is 5.41 Å². The number of carbonyl (C=O) groups excluding carboxylic acids is 2. The van der Waals surface area contributed by atoms with Crippen LogP contribution in [0.3, 0.4) is 0 Å². The van der Waals surface area contributed by atoms with E-state index in [-0.39, 0.29) is 51.7 Å². The van der Waals surface area contributed by atoms with Gasteiger partial charge in [-0.15, -0.1) is 0 Å². The molecule has 1 aromatic heterocycles. The molecule has 1 aliphatic rings. The van der Waals surface area contributed by atoms with Crippen molar-refractivity contribution in [3.8, 4) is 17.0 Å². The molecule has 3 aromatic rings. The predicted molar refractivity (Wildman–Crippen MR) is 149 cm³/mol. The molecule has 0 aliphatic heterocycles. The van der Waals surface area contributed by atoms with Crippen molar-refractivity contribution in [2.24, 2.45) is 11.1 Å². The third-order valence-corrected chi connectivity index (χ3v) is 7.17. The Bertz CT molecular complexity index is 1450. The molecule has 0 radical (unpaired) electrons. The molecule has 0 atom stereocenters. The van der Waals surface area contributed by atoms with Crippen molar-refractivity contribution in [1.82, 2.24) is 10.3 Å². The highest BCUT2D eigenvalue weighted by Crippen LogP contribution is 2.37. The highest BCUT2D eigenvalue weighted by atomic mass is 16.5. The number of carbonyl (C=O) groups is 3. The number of hydrogen-bond donors (Lipinski definition) is 6. The van der Waals surface area contributed by atoms with E-state index < -0.39 is 17.8 Å². The Morgan fingerprint density at radius 1 is 1.00 bits per heavy atom. The summed E-state index contributed by atoms with van der Waals surface area (Å²) in [7, 11) is 1.40. The zero-order chi connectivity index (χ0) is 28.9. The molecular weight excluding hydrogens is 514 g/mol. The number of rotatable bonds is 10. The molecule has 0 spiro atoms. The van der Waals surface area contributed by atoms with Crippen molar-refractivity contribution in [2.75, 3.05) is 25.6 Å². The Hall–Kier alpha value is -4.77. The molecule has 7 N–H and O–H groups in total. The van der Waals surface area contributed by atoms with Crippen LogP contribution in [0.5, 0.6) is 5.88 Å². The minimum atomic E-state index is -1.28. The zero-order valence-corrected chi connectivity index (χ0v) is 22.0. The van der Waals surface area contributed by atoms with Gasteiger partial charge in [-0.25, -0.2) is 9.78 Å². The summed E-state index contributed by atoms with van der Waals surface area (Å²) in [5.74, 6) is -2.31. The number of carboxylic acids is 1. The number of benzene rings is 2. The molecule has 1 heterocycles. The van der Waals surface area contributed by atoms with Gasteiger partial charge in [-0.3, -0.25) is 15.0 Å². The molecule has 1 fully saturated rings. The molecule has 2 amide bonds. The van der Waals surface area contributed by atoms with E-state index in [4.69, 9.17) is 15.9 Å². The fraction of sp³-hybridized carbons (Fsp3) is 0.276. The molecule has 2 aromatic carbocycles. The number of anilines is 1. The quantitative estimate of drug-likeness (QED) is 0.165. The normalized spacial score (nSPS) is 13.8. The molecule has 0 bridgehead atoms. The maximum absolute atomic E-state index is 13.3. The first-order valence-electron chi connectivity index (χ1n) is 12.7. The maximum Gasteiger partial charge on any atom is 0.336 e. The predicted octanol–water partition coefficient (Wildman–Crippen LogP) is 3.27. The summed E-state index contributed by atoms with van der Waals surface area (Å²) in [6.45, 7) is 0.273. The van der Waals surface area contributed by atoms with Gasteiger partial charge in [-0.2, -0.15) is 0 Å². The van der Waals surface area contributed by atoms with E-state index in [2.05, 4.69) is 15.6 Å². The lowest BCUT2D eigenvalue weighted by molar-refractivity contribution is 0.0697. The van der Waals surface area contributed by atoms with Crippen LogP contribution in [0.4, 0.5) is 5.69 Å². The number of amides is 2. The van der Waals surface area contributed by atoms with E-state index >= 15 is 0 Å². The fourth-order valence-corrected chi connectivity index (χ4v) is 4.85. The lowest BCUT2D eigenvalue weighted by Crippen LogP contribution is -2.38. The van der Waals surface area contributed by atoms with Gasteiger partial charge >= 0.3 is 5.97 Å². The van der Waals surface area contributed by atoms with Crippen molar-refractivity contribution in [3.63, 3.8) is 0 Å². The van der Waals surface area contributed by atoms with Gasteiger partial charge in [-0.05, 0) is 60.9 Å². The van der Waals surface area contributed by atoms with Crippen LogP contribution in [0, 0.1) is 10.8 Å². The van der Waals surface area contributed by atoms with Gasteiger partial charge in [-0.1, -0.05) is 18.9 Å². The highest BCUT2D eigenvalue weighted by molar-refractivity contribution is 6.10. The molecule has 4 rings (SSSR count). The van der Waals surface area contributed by atoms with E-state index in [1.54, 1.807) is 24.3 Å². The average Bonchev–Trinajstić information content (AvgIpc) is 3.45. The third kappa shape index (κ3) is 6.10. The Labute approximate surface area is 230 Å². The highest BCUT2D eigenvalue weighted by Gasteiger charge is 2.33. The minimum absolute atomic E-state index is 0.0250. The summed E-state index contributed by atoms with van der Waals surface area (Å²) in [6.07, 6.45) is 3.62. The number of hydrogen-bond acceptors (Lipinski definition) is 7. The number of nitrogen functional groups attached to an aromatic ring is 1. The smallest absolute Gasteiger partial charge is 0.336 e. The van der Waals surface area contributed by atoms with E-state index in [1.165, 1.54) is 37.4 Å². The van der Waals surface area contributed by atoms with Crippen molar-refractivity contribution in [3.05, 3.63) is 77.0 Å². The third-order valence-electron chi connectivity index (χ3n) is 7.17. The zero-order valence-electron chi connectivity index (χ0n) is 22.0.